The second kappa shape index (κ2) is 15.0. The molecule has 2 aromatic heterocycles. The number of rotatable bonds is 12. The monoisotopic (exact) mass is 684 g/mol. The fourth-order valence-corrected chi connectivity index (χ4v) is 7.25. The van der Waals surface area contributed by atoms with Crippen molar-refractivity contribution in [2.24, 2.45) is 0 Å². The van der Waals surface area contributed by atoms with Crippen molar-refractivity contribution < 1.29 is 19.7 Å². The van der Waals surface area contributed by atoms with E-state index in [1.807, 2.05) is 42.6 Å². The van der Waals surface area contributed by atoms with E-state index in [2.05, 4.69) is 93.7 Å². The van der Waals surface area contributed by atoms with Gasteiger partial charge in [-0.15, -0.1) is 10.2 Å². The first-order valence-corrected chi connectivity index (χ1v) is 17.7. The highest BCUT2D eigenvalue weighted by atomic mass is 16.5. The molecule has 0 bridgehead atoms. The van der Waals surface area contributed by atoms with Crippen molar-refractivity contribution in [3.63, 3.8) is 0 Å². The third-order valence-corrected chi connectivity index (χ3v) is 10.2. The lowest BCUT2D eigenvalue weighted by Crippen LogP contribution is -2.38. The fraction of sp³-hybridized carbons (Fsp3) is 0.500. The largest absolute Gasteiger partial charge is 0.484 e. The number of nitrogens with zero attached hydrogens (tertiary/aromatic N) is 4. The number of fused-ring (bicyclic) bond motifs is 2. The van der Waals surface area contributed by atoms with E-state index in [-0.39, 0.29) is 48.5 Å². The van der Waals surface area contributed by atoms with Gasteiger partial charge in [0.15, 0.2) is 11.5 Å². The molecule has 0 spiro atoms. The number of hydrogen-bond donors (Lipinski definition) is 6. The van der Waals surface area contributed by atoms with Gasteiger partial charge in [-0.05, 0) is 98.1 Å². The molecule has 2 aliphatic rings. The molecule has 2 amide bonds. The molecule has 3 heterocycles. The lowest BCUT2D eigenvalue weighted by molar-refractivity contribution is 0.170. The van der Waals surface area contributed by atoms with Gasteiger partial charge in [-0.25, -0.2) is 4.79 Å². The van der Waals surface area contributed by atoms with Crippen LogP contribution in [0.2, 0.25) is 0 Å². The van der Waals surface area contributed by atoms with E-state index in [4.69, 9.17) is 4.74 Å². The van der Waals surface area contributed by atoms with E-state index in [1.165, 1.54) is 0 Å². The van der Waals surface area contributed by atoms with Gasteiger partial charge in [0, 0.05) is 18.8 Å². The van der Waals surface area contributed by atoms with Gasteiger partial charge in [-0.3, -0.25) is 19.9 Å². The molecule has 12 nitrogen and oxygen atoms in total. The summed E-state index contributed by atoms with van der Waals surface area (Å²) in [6, 6.07) is 17.6. The van der Waals surface area contributed by atoms with E-state index in [0.717, 1.165) is 65.3 Å². The normalized spacial score (nSPS) is 21.0. The first kappa shape index (κ1) is 35.7. The van der Waals surface area contributed by atoms with E-state index in [0.29, 0.717) is 25.2 Å². The van der Waals surface area contributed by atoms with Gasteiger partial charge in [0.1, 0.15) is 11.9 Å². The lowest BCUT2D eigenvalue weighted by atomic mass is 9.85. The van der Waals surface area contributed by atoms with Crippen molar-refractivity contribution in [3.05, 3.63) is 88.9 Å². The Morgan fingerprint density at radius 3 is 2.44 bits per heavy atom. The predicted molar refractivity (Wildman–Crippen MR) is 194 cm³/mol. The number of ether oxygens (including phenoxy) is 1. The molecule has 2 aromatic carbocycles. The summed E-state index contributed by atoms with van der Waals surface area (Å²) in [5.41, 5.74) is 5.15. The van der Waals surface area contributed by atoms with Crippen molar-refractivity contribution in [1.82, 2.24) is 35.4 Å². The van der Waals surface area contributed by atoms with Crippen molar-refractivity contribution in [2.45, 2.75) is 82.6 Å². The van der Waals surface area contributed by atoms with Crippen LogP contribution >= 0.6 is 0 Å². The molecule has 6 N–H and O–H groups in total. The Hall–Kier alpha value is -4.07. The van der Waals surface area contributed by atoms with Crippen molar-refractivity contribution in [2.75, 3.05) is 45.2 Å². The van der Waals surface area contributed by atoms with Gasteiger partial charge in [0.25, 0.3) is 0 Å². The summed E-state index contributed by atoms with van der Waals surface area (Å²) in [5, 5.41) is 40.8. The standard InChI is InChI=1S/C38H52N8O4/c1-37(2,3)26-21-25(34(39-16-19-47)40-17-20-48)22-27(23-26)41-36(49)42-31-12-13-32(30-10-7-6-9-29(30)31)50-28-11-14-33-43-44-35(46(33)24-28)38(4)15-8-18-45(38)5/h6-7,9-11,14,21-24,31-32,34,39-40,47-48H,8,12-13,15-20H2,1-5H3,(H2,41,42,49)/t31-,32+,38-/m0/s1. The number of amides is 2. The Morgan fingerprint density at radius 1 is 1.02 bits per heavy atom. The van der Waals surface area contributed by atoms with Crippen LogP contribution < -0.4 is 26.0 Å². The summed E-state index contributed by atoms with van der Waals surface area (Å²) >= 11 is 0. The number of carbonyl (C=O) groups excluding carboxylic acids is 1. The first-order chi connectivity index (χ1) is 24.0. The molecule has 1 aliphatic carbocycles. The molecule has 0 saturated carbocycles. The van der Waals surface area contributed by atoms with Crippen LogP contribution in [0.1, 0.15) is 99.8 Å². The molecule has 3 atom stereocenters. The molecule has 0 radical (unpaired) electrons. The Balaban J connectivity index is 1.19. The first-order valence-electron chi connectivity index (χ1n) is 17.7. The molecule has 6 rings (SSSR count). The van der Waals surface area contributed by atoms with Crippen LogP contribution in [0.4, 0.5) is 10.5 Å². The molecule has 12 heteroatoms. The SMILES string of the molecule is CN1CCC[C@@]1(C)c1nnc2ccc(O[C@@H]3CC[C@H](NC(=O)Nc4cc(C(NCCO)NCCO)cc(C(C)(C)C)c4)c4ccccc43)cn12. The van der Waals surface area contributed by atoms with Crippen LogP contribution in [0.3, 0.4) is 0 Å². The minimum atomic E-state index is -0.313. The minimum absolute atomic E-state index is 0.0197. The molecule has 1 saturated heterocycles. The minimum Gasteiger partial charge on any atom is -0.484 e. The number of pyridine rings is 1. The number of likely N-dealkylation sites (tertiary alicyclic amines) is 1. The van der Waals surface area contributed by atoms with E-state index >= 15 is 0 Å². The Kier molecular flexibility index (Phi) is 10.8. The molecule has 0 unspecified atom stereocenters. The third kappa shape index (κ3) is 7.64. The fourth-order valence-electron chi connectivity index (χ4n) is 7.25. The number of benzene rings is 2. The number of anilines is 1. The highest BCUT2D eigenvalue weighted by Gasteiger charge is 2.40. The van der Waals surface area contributed by atoms with Gasteiger partial charge < -0.3 is 25.6 Å². The van der Waals surface area contributed by atoms with Crippen LogP contribution in [0.25, 0.3) is 5.65 Å². The number of nitrogens with one attached hydrogen (secondary N) is 4. The second-order valence-corrected chi connectivity index (χ2v) is 14.8. The van der Waals surface area contributed by atoms with Gasteiger partial charge in [-0.1, -0.05) is 51.1 Å². The highest BCUT2D eigenvalue weighted by molar-refractivity contribution is 5.90. The molecule has 268 valence electrons. The van der Waals surface area contributed by atoms with Crippen LogP contribution in [0, 0.1) is 0 Å². The van der Waals surface area contributed by atoms with Crippen LogP contribution in [0.15, 0.2) is 60.8 Å². The number of aliphatic hydroxyl groups excluding tert-OH is 2. The third-order valence-electron chi connectivity index (χ3n) is 10.2. The molecule has 1 aliphatic heterocycles. The summed E-state index contributed by atoms with van der Waals surface area (Å²) in [7, 11) is 2.14. The number of urea groups is 1. The molecule has 4 aromatic rings. The number of carbonyl (C=O) groups is 1. The smallest absolute Gasteiger partial charge is 0.319 e. The summed E-state index contributed by atoms with van der Waals surface area (Å²) in [4.78, 5) is 15.9. The Labute approximate surface area is 294 Å². The molecular formula is C38H52N8O4. The maximum Gasteiger partial charge on any atom is 0.319 e. The molecule has 50 heavy (non-hydrogen) atoms. The topological polar surface area (TPSA) is 148 Å². The summed E-state index contributed by atoms with van der Waals surface area (Å²) in [5.74, 6) is 1.68. The van der Waals surface area contributed by atoms with Crippen LogP contribution in [-0.2, 0) is 11.0 Å². The quantitative estimate of drug-likeness (QED) is 0.115. The highest BCUT2D eigenvalue weighted by Crippen LogP contribution is 2.40. The number of aliphatic hydroxyl groups is 2. The van der Waals surface area contributed by atoms with Gasteiger partial charge in [0.2, 0.25) is 0 Å². The average Bonchev–Trinajstić information content (AvgIpc) is 3.68. The zero-order valence-corrected chi connectivity index (χ0v) is 29.9. The van der Waals surface area contributed by atoms with Crippen molar-refractivity contribution in [1.29, 1.82) is 0 Å². The van der Waals surface area contributed by atoms with E-state index < -0.39 is 0 Å². The Bertz CT molecular complexity index is 1780. The van der Waals surface area contributed by atoms with E-state index in [1.54, 1.807) is 0 Å². The van der Waals surface area contributed by atoms with Crippen molar-refractivity contribution in [3.8, 4) is 5.75 Å². The molecule has 1 fully saturated rings. The summed E-state index contributed by atoms with van der Waals surface area (Å²) in [6.45, 7) is 10.4. The van der Waals surface area contributed by atoms with Crippen LogP contribution in [0.5, 0.6) is 5.75 Å². The van der Waals surface area contributed by atoms with E-state index in [9.17, 15) is 15.0 Å². The van der Waals surface area contributed by atoms with Crippen LogP contribution in [-0.4, -0.2) is 75.6 Å². The predicted octanol–water partition coefficient (Wildman–Crippen LogP) is 4.91. The zero-order valence-electron chi connectivity index (χ0n) is 29.9. The van der Waals surface area contributed by atoms with Gasteiger partial charge >= 0.3 is 6.03 Å². The Morgan fingerprint density at radius 2 is 1.76 bits per heavy atom. The molecular weight excluding hydrogens is 632 g/mol. The number of hydrogen-bond acceptors (Lipinski definition) is 9. The second-order valence-electron chi connectivity index (χ2n) is 14.8. The number of aromatic nitrogens is 3. The zero-order chi connectivity index (χ0) is 35.5. The van der Waals surface area contributed by atoms with Gasteiger partial charge in [0.05, 0.1) is 37.2 Å². The lowest BCUT2D eigenvalue weighted by Gasteiger charge is -2.32. The summed E-state index contributed by atoms with van der Waals surface area (Å²) < 4.78 is 8.72. The maximum absolute atomic E-state index is 13.6. The average molecular weight is 685 g/mol. The maximum atomic E-state index is 13.6. The van der Waals surface area contributed by atoms with Crippen molar-refractivity contribution >= 4 is 17.4 Å². The summed E-state index contributed by atoms with van der Waals surface area (Å²) in [6.07, 6.45) is 5.12. The van der Waals surface area contributed by atoms with Gasteiger partial charge in [-0.2, -0.15) is 0 Å².